The third kappa shape index (κ3) is 4.81. The largest absolute Gasteiger partial charge is 0.393 e. The van der Waals surface area contributed by atoms with Crippen LogP contribution in [0.1, 0.15) is 21.5 Å². The first-order chi connectivity index (χ1) is 13.3. The topological polar surface area (TPSA) is 87.7 Å². The molecule has 0 unspecified atom stereocenters. The monoisotopic (exact) mass is 388 g/mol. The molecule has 2 N–H and O–H groups in total. The number of benzene rings is 1. The number of hydrogen-bond acceptors (Lipinski definition) is 4. The lowest BCUT2D eigenvalue weighted by atomic mass is 10.0. The molecule has 0 spiro atoms. The van der Waals surface area contributed by atoms with Crippen molar-refractivity contribution < 1.29 is 18.0 Å². The maximum absolute atomic E-state index is 12.7. The molecule has 0 fully saturated rings. The molecule has 0 atom stereocenters. The van der Waals surface area contributed by atoms with Gasteiger partial charge in [0.15, 0.2) is 0 Å². The van der Waals surface area contributed by atoms with Crippen molar-refractivity contribution >= 4 is 5.91 Å². The van der Waals surface area contributed by atoms with Gasteiger partial charge in [0.25, 0.3) is 11.5 Å². The molecular formula is C19H15F3N4O2. The molecule has 2 heterocycles. The molecule has 144 valence electrons. The summed E-state index contributed by atoms with van der Waals surface area (Å²) < 4.78 is 38.1. The fourth-order valence-corrected chi connectivity index (χ4v) is 2.63. The Morgan fingerprint density at radius 1 is 1.07 bits per heavy atom. The predicted octanol–water partition coefficient (Wildman–Crippen LogP) is 2.87. The van der Waals surface area contributed by atoms with E-state index < -0.39 is 24.1 Å². The summed E-state index contributed by atoms with van der Waals surface area (Å²) in [7, 11) is 0. The summed E-state index contributed by atoms with van der Waals surface area (Å²) in [5, 5.41) is 8.64. The van der Waals surface area contributed by atoms with Crippen LogP contribution in [-0.2, 0) is 13.0 Å². The summed E-state index contributed by atoms with van der Waals surface area (Å²) in [6.07, 6.45) is -2.37. The molecule has 0 saturated heterocycles. The number of pyridine rings is 1. The van der Waals surface area contributed by atoms with Gasteiger partial charge in [-0.3, -0.25) is 14.6 Å². The highest BCUT2D eigenvalue weighted by Gasteiger charge is 2.28. The van der Waals surface area contributed by atoms with Gasteiger partial charge in [0.05, 0.1) is 12.1 Å². The van der Waals surface area contributed by atoms with E-state index in [4.69, 9.17) is 0 Å². The highest BCUT2D eigenvalue weighted by atomic mass is 19.4. The standard InChI is InChI=1S/C19H15F3N4O2/c20-19(21,22)10-13-3-1-2-4-14(13)11-24-17(27)15-9-16(25-26-18(15)28)12-5-7-23-8-6-12/h1-9H,10-11H2,(H,24,27)(H,26,28). The number of aromatic amines is 1. The predicted molar refractivity (Wildman–Crippen MR) is 95.5 cm³/mol. The number of nitrogens with one attached hydrogen (secondary N) is 2. The number of H-pyrrole nitrogens is 1. The summed E-state index contributed by atoms with van der Waals surface area (Å²) in [5.74, 6) is -0.708. The Morgan fingerprint density at radius 2 is 1.75 bits per heavy atom. The zero-order valence-corrected chi connectivity index (χ0v) is 14.5. The summed E-state index contributed by atoms with van der Waals surface area (Å²) in [6, 6.07) is 10.6. The maximum Gasteiger partial charge on any atom is 0.393 e. The molecule has 2 aromatic heterocycles. The lowest BCUT2D eigenvalue weighted by Gasteiger charge is -2.12. The average molecular weight is 388 g/mol. The molecule has 0 aliphatic heterocycles. The zero-order chi connectivity index (χ0) is 20.1. The minimum atomic E-state index is -4.36. The van der Waals surface area contributed by atoms with Crippen molar-refractivity contribution in [3.05, 3.63) is 81.9 Å². The fraction of sp³-hybridized carbons (Fsp3) is 0.158. The Hall–Kier alpha value is -3.49. The number of aromatic nitrogens is 3. The Kier molecular flexibility index (Phi) is 5.53. The first-order valence-electron chi connectivity index (χ1n) is 8.25. The summed E-state index contributed by atoms with van der Waals surface area (Å²) in [4.78, 5) is 28.3. The zero-order valence-electron chi connectivity index (χ0n) is 14.5. The lowest BCUT2D eigenvalue weighted by Crippen LogP contribution is -2.30. The van der Waals surface area contributed by atoms with E-state index in [-0.39, 0.29) is 17.7 Å². The molecule has 28 heavy (non-hydrogen) atoms. The quantitative estimate of drug-likeness (QED) is 0.704. The SMILES string of the molecule is O=C(NCc1ccccc1CC(F)(F)F)c1cc(-c2ccncc2)n[nH]c1=O. The highest BCUT2D eigenvalue weighted by Crippen LogP contribution is 2.23. The number of halogens is 3. The molecular weight excluding hydrogens is 373 g/mol. The van der Waals surface area contributed by atoms with E-state index in [2.05, 4.69) is 20.5 Å². The molecule has 6 nitrogen and oxygen atoms in total. The van der Waals surface area contributed by atoms with Crippen molar-refractivity contribution in [3.63, 3.8) is 0 Å². The second kappa shape index (κ2) is 8.03. The van der Waals surface area contributed by atoms with Crippen molar-refractivity contribution in [2.24, 2.45) is 0 Å². The Balaban J connectivity index is 1.79. The van der Waals surface area contributed by atoms with Crippen molar-refractivity contribution in [1.29, 1.82) is 0 Å². The van der Waals surface area contributed by atoms with Crippen LogP contribution >= 0.6 is 0 Å². The van der Waals surface area contributed by atoms with Crippen molar-refractivity contribution in [3.8, 4) is 11.3 Å². The smallest absolute Gasteiger partial charge is 0.348 e. The normalized spacial score (nSPS) is 11.2. The molecule has 0 bridgehead atoms. The van der Waals surface area contributed by atoms with E-state index in [1.807, 2.05) is 0 Å². The van der Waals surface area contributed by atoms with Crippen LogP contribution in [0.25, 0.3) is 11.3 Å². The Bertz CT molecular complexity index is 1030. The Morgan fingerprint density at radius 3 is 2.43 bits per heavy atom. The lowest BCUT2D eigenvalue weighted by molar-refractivity contribution is -0.127. The van der Waals surface area contributed by atoms with Gasteiger partial charge in [0, 0.05) is 24.5 Å². The van der Waals surface area contributed by atoms with Crippen molar-refractivity contribution in [1.82, 2.24) is 20.5 Å². The second-order valence-electron chi connectivity index (χ2n) is 5.98. The summed E-state index contributed by atoms with van der Waals surface area (Å²) in [6.45, 7) is -0.141. The van der Waals surface area contributed by atoms with E-state index in [1.54, 1.807) is 30.6 Å². The van der Waals surface area contributed by atoms with Crippen LogP contribution in [0.5, 0.6) is 0 Å². The molecule has 3 aromatic rings. The Labute approximate surface area is 157 Å². The van der Waals surface area contributed by atoms with Gasteiger partial charge in [-0.25, -0.2) is 5.10 Å². The number of nitrogens with zero attached hydrogens (tertiary/aromatic N) is 2. The molecule has 3 rings (SSSR count). The maximum atomic E-state index is 12.7. The van der Waals surface area contributed by atoms with Gasteiger partial charge in [-0.1, -0.05) is 24.3 Å². The minimum absolute atomic E-state index is 0.0661. The second-order valence-corrected chi connectivity index (χ2v) is 5.98. The molecule has 9 heteroatoms. The van der Waals surface area contributed by atoms with Gasteiger partial charge >= 0.3 is 6.18 Å². The number of alkyl halides is 3. The molecule has 0 saturated carbocycles. The van der Waals surface area contributed by atoms with Crippen molar-refractivity contribution in [2.45, 2.75) is 19.1 Å². The molecule has 0 radical (unpaired) electrons. The van der Waals surface area contributed by atoms with Crippen LogP contribution in [0.2, 0.25) is 0 Å². The van der Waals surface area contributed by atoms with Gasteiger partial charge in [-0.15, -0.1) is 0 Å². The number of rotatable bonds is 5. The third-order valence-corrected chi connectivity index (χ3v) is 3.97. The van der Waals surface area contributed by atoms with Crippen LogP contribution in [0.4, 0.5) is 13.2 Å². The van der Waals surface area contributed by atoms with E-state index in [1.165, 1.54) is 24.3 Å². The number of amides is 1. The van der Waals surface area contributed by atoms with E-state index >= 15 is 0 Å². The summed E-state index contributed by atoms with van der Waals surface area (Å²) >= 11 is 0. The minimum Gasteiger partial charge on any atom is -0.348 e. The first-order valence-corrected chi connectivity index (χ1v) is 8.25. The molecule has 0 aliphatic rings. The number of hydrogen-bond donors (Lipinski definition) is 2. The number of carbonyl (C=O) groups is 1. The van der Waals surface area contributed by atoms with E-state index in [0.717, 1.165) is 0 Å². The third-order valence-electron chi connectivity index (χ3n) is 3.97. The molecule has 0 aliphatic carbocycles. The van der Waals surface area contributed by atoms with E-state index in [0.29, 0.717) is 16.8 Å². The average Bonchev–Trinajstić information content (AvgIpc) is 2.67. The van der Waals surface area contributed by atoms with Gasteiger partial charge < -0.3 is 5.32 Å². The van der Waals surface area contributed by atoms with Gasteiger partial charge in [-0.05, 0) is 29.3 Å². The first kappa shape index (κ1) is 19.3. The molecule has 1 amide bonds. The highest BCUT2D eigenvalue weighted by molar-refractivity contribution is 5.94. The van der Waals surface area contributed by atoms with Crippen LogP contribution in [0.15, 0.2) is 59.7 Å². The van der Waals surface area contributed by atoms with Crippen LogP contribution in [0, 0.1) is 0 Å². The van der Waals surface area contributed by atoms with E-state index in [9.17, 15) is 22.8 Å². The fourth-order valence-electron chi connectivity index (χ4n) is 2.63. The van der Waals surface area contributed by atoms with Gasteiger partial charge in [-0.2, -0.15) is 18.3 Å². The summed E-state index contributed by atoms with van der Waals surface area (Å²) in [5.41, 5.74) is 0.527. The van der Waals surface area contributed by atoms with Gasteiger partial charge in [0.1, 0.15) is 5.56 Å². The molecule has 1 aromatic carbocycles. The van der Waals surface area contributed by atoms with Gasteiger partial charge in [0.2, 0.25) is 0 Å². The van der Waals surface area contributed by atoms with Crippen LogP contribution in [0.3, 0.4) is 0 Å². The van der Waals surface area contributed by atoms with Crippen LogP contribution in [-0.4, -0.2) is 27.3 Å². The number of carbonyl (C=O) groups excluding carboxylic acids is 1. The van der Waals surface area contributed by atoms with Crippen molar-refractivity contribution in [2.75, 3.05) is 0 Å². The van der Waals surface area contributed by atoms with Crippen LogP contribution < -0.4 is 10.9 Å².